The van der Waals surface area contributed by atoms with E-state index in [1.165, 1.54) is 0 Å². The molecular weight excluding hydrogens is 408 g/mol. The lowest BCUT2D eigenvalue weighted by atomic mass is 9.91. The van der Waals surface area contributed by atoms with Crippen molar-refractivity contribution in [3.63, 3.8) is 0 Å². The molecule has 0 aliphatic heterocycles. The molecule has 1 aliphatic carbocycles. The first-order valence-corrected chi connectivity index (χ1v) is 11.0. The van der Waals surface area contributed by atoms with Crippen LogP contribution in [0.5, 0.6) is 0 Å². The molecule has 2 aromatic carbocycles. The number of nitrogens with zero attached hydrogens (tertiary/aromatic N) is 3. The first-order valence-electron chi connectivity index (χ1n) is 10.6. The maximum Gasteiger partial charge on any atom is 0.178 e. The minimum absolute atomic E-state index is 0.296. The maximum atomic E-state index is 6.37. The van der Waals surface area contributed by atoms with Crippen LogP contribution in [0.1, 0.15) is 25.7 Å². The van der Waals surface area contributed by atoms with Gasteiger partial charge in [0.05, 0.1) is 11.3 Å². The molecule has 0 saturated heterocycles. The van der Waals surface area contributed by atoms with E-state index in [4.69, 9.17) is 22.4 Å². The maximum absolute atomic E-state index is 6.37. The summed E-state index contributed by atoms with van der Waals surface area (Å²) < 4.78 is 1.82. The number of hydrogen-bond donors (Lipinski definition) is 3. The summed E-state index contributed by atoms with van der Waals surface area (Å²) in [4.78, 5) is 4.58. The van der Waals surface area contributed by atoms with Gasteiger partial charge in [0, 0.05) is 35.2 Å². The normalized spacial score (nSPS) is 18.8. The number of rotatable bonds is 5. The number of aromatic nitrogens is 3. The molecule has 1 fully saturated rings. The molecule has 2 heterocycles. The van der Waals surface area contributed by atoms with Crippen LogP contribution in [0.2, 0.25) is 5.02 Å². The highest BCUT2D eigenvalue weighted by Gasteiger charge is 2.23. The molecule has 5 rings (SSSR count). The number of nitrogens with two attached hydrogens (primary N) is 1. The molecule has 31 heavy (non-hydrogen) atoms. The third-order valence-corrected chi connectivity index (χ3v) is 6.04. The van der Waals surface area contributed by atoms with Crippen LogP contribution in [-0.2, 0) is 0 Å². The van der Waals surface area contributed by atoms with E-state index in [9.17, 15) is 0 Å². The highest BCUT2D eigenvalue weighted by molar-refractivity contribution is 6.31. The predicted molar refractivity (Wildman–Crippen MR) is 127 cm³/mol. The summed E-state index contributed by atoms with van der Waals surface area (Å²) in [6.07, 6.45) is 7.74. The highest BCUT2D eigenvalue weighted by atomic mass is 35.5. The molecular formula is C24H25ClN6. The second-order valence-electron chi connectivity index (χ2n) is 8.05. The van der Waals surface area contributed by atoms with Crippen LogP contribution in [-0.4, -0.2) is 26.7 Å². The fourth-order valence-electron chi connectivity index (χ4n) is 4.21. The molecule has 0 radical (unpaired) electrons. The summed E-state index contributed by atoms with van der Waals surface area (Å²) in [5.74, 6) is 0.812. The van der Waals surface area contributed by atoms with Crippen molar-refractivity contribution < 1.29 is 0 Å². The molecule has 4 aromatic rings. The van der Waals surface area contributed by atoms with E-state index < -0.39 is 0 Å². The fraction of sp³-hybridized carbons (Fsp3) is 0.250. The standard InChI is InChI=1S/C24H25ClN6/c25-17-6-4-5-16(15-17)21-22(28-19-7-2-1-3-8-19)24-27-13-14-31(24)30-23(21)29-20-11-9-18(26)10-12-20/h1-8,13-15,18,20,28H,9-12,26H2,(H,29,30)/t18-,20-. The molecule has 1 aliphatic rings. The molecule has 4 N–H and O–H groups in total. The van der Waals surface area contributed by atoms with Crippen molar-refractivity contribution in [1.29, 1.82) is 0 Å². The number of anilines is 3. The van der Waals surface area contributed by atoms with Gasteiger partial charge in [-0.05, 0) is 55.5 Å². The lowest BCUT2D eigenvalue weighted by Gasteiger charge is -2.28. The van der Waals surface area contributed by atoms with Crippen molar-refractivity contribution in [3.8, 4) is 11.1 Å². The number of halogens is 1. The van der Waals surface area contributed by atoms with E-state index in [0.29, 0.717) is 17.1 Å². The van der Waals surface area contributed by atoms with Crippen molar-refractivity contribution in [2.75, 3.05) is 10.6 Å². The van der Waals surface area contributed by atoms with Crippen LogP contribution in [0.4, 0.5) is 17.2 Å². The van der Waals surface area contributed by atoms with Crippen molar-refractivity contribution in [2.24, 2.45) is 5.73 Å². The van der Waals surface area contributed by atoms with Crippen molar-refractivity contribution in [3.05, 3.63) is 72.0 Å². The Labute approximate surface area is 186 Å². The molecule has 0 bridgehead atoms. The molecule has 1 saturated carbocycles. The fourth-order valence-corrected chi connectivity index (χ4v) is 4.40. The summed E-state index contributed by atoms with van der Waals surface area (Å²) in [7, 11) is 0. The van der Waals surface area contributed by atoms with E-state index in [2.05, 4.69) is 21.7 Å². The summed E-state index contributed by atoms with van der Waals surface area (Å²) in [5, 5.41) is 12.8. The van der Waals surface area contributed by atoms with Gasteiger partial charge < -0.3 is 16.4 Å². The minimum atomic E-state index is 0.296. The first kappa shape index (κ1) is 19.8. The number of fused-ring (bicyclic) bond motifs is 1. The average molecular weight is 433 g/mol. The van der Waals surface area contributed by atoms with Gasteiger partial charge in [-0.2, -0.15) is 0 Å². The number of nitrogens with one attached hydrogen (secondary N) is 2. The van der Waals surface area contributed by atoms with Gasteiger partial charge in [-0.1, -0.05) is 41.9 Å². The zero-order valence-electron chi connectivity index (χ0n) is 17.1. The third kappa shape index (κ3) is 4.22. The number of hydrogen-bond acceptors (Lipinski definition) is 5. The van der Waals surface area contributed by atoms with Crippen LogP contribution >= 0.6 is 11.6 Å². The van der Waals surface area contributed by atoms with Crippen LogP contribution in [0.3, 0.4) is 0 Å². The molecule has 0 unspecified atom stereocenters. The van der Waals surface area contributed by atoms with E-state index in [-0.39, 0.29) is 0 Å². The zero-order chi connectivity index (χ0) is 21.2. The van der Waals surface area contributed by atoms with Crippen molar-refractivity contribution in [2.45, 2.75) is 37.8 Å². The van der Waals surface area contributed by atoms with Crippen LogP contribution in [0.25, 0.3) is 16.8 Å². The summed E-state index contributed by atoms with van der Waals surface area (Å²) in [6.45, 7) is 0. The smallest absolute Gasteiger partial charge is 0.178 e. The molecule has 7 heteroatoms. The largest absolute Gasteiger partial charge is 0.365 e. The van der Waals surface area contributed by atoms with E-state index in [1.807, 2.05) is 59.2 Å². The Morgan fingerprint density at radius 1 is 1.00 bits per heavy atom. The Bertz CT molecular complexity index is 1180. The topological polar surface area (TPSA) is 80.3 Å². The van der Waals surface area contributed by atoms with Crippen LogP contribution < -0.4 is 16.4 Å². The SMILES string of the molecule is N[C@H]1CC[C@H](Nc2nn3ccnc3c(Nc3ccccc3)c2-c2cccc(Cl)c2)CC1. The first-order chi connectivity index (χ1) is 15.2. The Kier molecular flexibility index (Phi) is 5.49. The Morgan fingerprint density at radius 2 is 1.81 bits per heavy atom. The number of benzene rings is 2. The monoisotopic (exact) mass is 432 g/mol. The molecule has 0 atom stereocenters. The van der Waals surface area contributed by atoms with Gasteiger partial charge in [0.25, 0.3) is 0 Å². The predicted octanol–water partition coefficient (Wildman–Crippen LogP) is 5.48. The van der Waals surface area contributed by atoms with Gasteiger partial charge >= 0.3 is 0 Å². The van der Waals surface area contributed by atoms with Crippen molar-refractivity contribution >= 4 is 34.4 Å². The van der Waals surface area contributed by atoms with E-state index in [0.717, 1.165) is 59.7 Å². The van der Waals surface area contributed by atoms with Crippen molar-refractivity contribution in [1.82, 2.24) is 14.6 Å². The average Bonchev–Trinajstić information content (AvgIpc) is 3.25. The van der Waals surface area contributed by atoms with Gasteiger partial charge in [-0.15, -0.1) is 5.10 Å². The molecule has 158 valence electrons. The Morgan fingerprint density at radius 3 is 2.58 bits per heavy atom. The summed E-state index contributed by atoms with van der Waals surface area (Å²) in [5.41, 5.74) is 10.7. The summed E-state index contributed by atoms with van der Waals surface area (Å²) in [6, 6.07) is 18.6. The van der Waals surface area contributed by atoms with E-state index in [1.54, 1.807) is 6.20 Å². The van der Waals surface area contributed by atoms with Gasteiger partial charge in [-0.25, -0.2) is 9.50 Å². The molecule has 6 nitrogen and oxygen atoms in total. The number of para-hydroxylation sites is 1. The minimum Gasteiger partial charge on any atom is -0.365 e. The van der Waals surface area contributed by atoms with E-state index >= 15 is 0 Å². The summed E-state index contributed by atoms with van der Waals surface area (Å²) >= 11 is 6.37. The lowest BCUT2D eigenvalue weighted by molar-refractivity contribution is 0.410. The van der Waals surface area contributed by atoms with Crippen LogP contribution in [0, 0.1) is 0 Å². The van der Waals surface area contributed by atoms with Gasteiger partial charge in [-0.3, -0.25) is 0 Å². The third-order valence-electron chi connectivity index (χ3n) is 5.81. The second-order valence-corrected chi connectivity index (χ2v) is 8.49. The molecule has 0 amide bonds. The lowest BCUT2D eigenvalue weighted by Crippen LogP contribution is -2.33. The number of imidazole rings is 1. The van der Waals surface area contributed by atoms with Gasteiger partial charge in [0.2, 0.25) is 0 Å². The van der Waals surface area contributed by atoms with Crippen LogP contribution in [0.15, 0.2) is 67.0 Å². The Hall–Kier alpha value is -3.09. The second kappa shape index (κ2) is 8.57. The molecule has 0 spiro atoms. The zero-order valence-corrected chi connectivity index (χ0v) is 17.9. The van der Waals surface area contributed by atoms with Gasteiger partial charge in [0.1, 0.15) is 0 Å². The quantitative estimate of drug-likeness (QED) is 0.389. The molecule has 2 aromatic heterocycles. The van der Waals surface area contributed by atoms with Gasteiger partial charge in [0.15, 0.2) is 11.5 Å². The Balaban J connectivity index is 1.66. The highest BCUT2D eigenvalue weighted by Crippen LogP contribution is 2.39.